The topological polar surface area (TPSA) is 64.7 Å². The smallest absolute Gasteiger partial charge is 0.314 e. The van der Waals surface area contributed by atoms with Crippen LogP contribution in [0.15, 0.2) is 30.3 Å². The van der Waals surface area contributed by atoms with E-state index in [-0.39, 0.29) is 11.9 Å². The van der Waals surface area contributed by atoms with Crippen LogP contribution in [-0.2, 0) is 10.5 Å². The Morgan fingerprint density at radius 2 is 1.78 bits per heavy atom. The Labute approximate surface area is 136 Å². The second-order valence-electron chi connectivity index (χ2n) is 6.03. The van der Waals surface area contributed by atoms with E-state index in [4.69, 9.17) is 0 Å². The summed E-state index contributed by atoms with van der Waals surface area (Å²) >= 11 is 0. The maximum atomic E-state index is 12.6. The number of imide groups is 1. The summed E-state index contributed by atoms with van der Waals surface area (Å²) in [4.78, 5) is 28.4. The molecule has 2 aliphatic heterocycles. The summed E-state index contributed by atoms with van der Waals surface area (Å²) < 4.78 is 0. The number of benzene rings is 1. The van der Waals surface area contributed by atoms with E-state index in [0.29, 0.717) is 13.0 Å². The molecule has 3 amide bonds. The highest BCUT2D eigenvalue weighted by Crippen LogP contribution is 2.37. The van der Waals surface area contributed by atoms with Gasteiger partial charge in [-0.3, -0.25) is 15.0 Å². The largest absolute Gasteiger partial charge is 0.325 e. The third-order valence-corrected chi connectivity index (χ3v) is 4.87. The maximum Gasteiger partial charge on any atom is 0.325 e. The zero-order valence-corrected chi connectivity index (χ0v) is 13.5. The average Bonchev–Trinajstić information content (AvgIpc) is 2.59. The molecule has 0 aromatic heterocycles. The number of hydrogen-bond acceptors (Lipinski definition) is 4. The second kappa shape index (κ2) is 6.68. The molecule has 1 aromatic rings. The van der Waals surface area contributed by atoms with E-state index >= 15 is 0 Å². The van der Waals surface area contributed by atoms with Crippen LogP contribution in [0, 0.1) is 0 Å². The van der Waals surface area contributed by atoms with Crippen molar-refractivity contribution in [2.45, 2.75) is 25.4 Å². The van der Waals surface area contributed by atoms with Crippen LogP contribution in [0.2, 0.25) is 0 Å². The Bertz CT molecular complexity index is 571. The summed E-state index contributed by atoms with van der Waals surface area (Å²) in [7, 11) is 0. The number of carbonyl (C=O) groups is 2. The van der Waals surface area contributed by atoms with E-state index in [1.807, 2.05) is 23.1 Å². The molecule has 6 heteroatoms. The van der Waals surface area contributed by atoms with Gasteiger partial charge in [-0.25, -0.2) is 4.79 Å². The van der Waals surface area contributed by atoms with Crippen molar-refractivity contribution in [1.29, 1.82) is 0 Å². The fourth-order valence-electron chi connectivity index (χ4n) is 3.78. The number of amides is 3. The van der Waals surface area contributed by atoms with Crippen LogP contribution in [0.25, 0.3) is 0 Å². The van der Waals surface area contributed by atoms with Crippen molar-refractivity contribution in [1.82, 2.24) is 20.4 Å². The van der Waals surface area contributed by atoms with E-state index in [1.54, 1.807) is 0 Å². The lowest BCUT2D eigenvalue weighted by Gasteiger charge is -2.53. The van der Waals surface area contributed by atoms with Gasteiger partial charge in [-0.1, -0.05) is 37.3 Å². The van der Waals surface area contributed by atoms with Gasteiger partial charge in [0.25, 0.3) is 0 Å². The summed E-state index contributed by atoms with van der Waals surface area (Å²) in [6.07, 6.45) is 1.13. The number of hydrogen-bond donors (Lipinski definition) is 2. The van der Waals surface area contributed by atoms with Crippen LogP contribution >= 0.6 is 0 Å². The molecular formula is C17H24N4O2. The summed E-state index contributed by atoms with van der Waals surface area (Å²) in [5, 5.41) is 5.85. The van der Waals surface area contributed by atoms with Gasteiger partial charge >= 0.3 is 6.03 Å². The van der Waals surface area contributed by atoms with Crippen molar-refractivity contribution in [2.75, 3.05) is 32.7 Å². The predicted molar refractivity (Wildman–Crippen MR) is 87.7 cm³/mol. The highest BCUT2D eigenvalue weighted by molar-refractivity contribution is 5.97. The van der Waals surface area contributed by atoms with Crippen LogP contribution in [-0.4, -0.2) is 54.5 Å². The molecule has 1 aromatic carbocycles. The molecule has 0 bridgehead atoms. The minimum Gasteiger partial charge on any atom is -0.314 e. The summed E-state index contributed by atoms with van der Waals surface area (Å²) in [6, 6.07) is 9.88. The first-order valence-corrected chi connectivity index (χ1v) is 8.31. The van der Waals surface area contributed by atoms with Crippen molar-refractivity contribution < 1.29 is 9.59 Å². The number of nitrogens with zero attached hydrogens (tertiary/aromatic N) is 2. The first kappa shape index (κ1) is 16.0. The first-order valence-electron chi connectivity index (χ1n) is 8.31. The minimum absolute atomic E-state index is 0.190. The van der Waals surface area contributed by atoms with Gasteiger partial charge in [-0.05, 0) is 12.0 Å². The zero-order chi connectivity index (χ0) is 16.3. The van der Waals surface area contributed by atoms with Gasteiger partial charge in [-0.2, -0.15) is 0 Å². The van der Waals surface area contributed by atoms with Gasteiger partial charge in [0.2, 0.25) is 5.91 Å². The molecule has 1 atom stereocenters. The molecule has 2 heterocycles. The van der Waals surface area contributed by atoms with Gasteiger partial charge in [-0.15, -0.1) is 0 Å². The molecule has 0 radical (unpaired) electrons. The molecule has 2 aliphatic rings. The fourth-order valence-corrected chi connectivity index (χ4v) is 3.78. The Hall–Kier alpha value is -1.92. The van der Waals surface area contributed by atoms with Crippen molar-refractivity contribution in [2.24, 2.45) is 0 Å². The van der Waals surface area contributed by atoms with Crippen molar-refractivity contribution in [3.05, 3.63) is 35.9 Å². The number of nitrogens with one attached hydrogen (secondary N) is 2. The highest BCUT2D eigenvalue weighted by atomic mass is 16.2. The molecule has 2 N–H and O–H groups in total. The van der Waals surface area contributed by atoms with Gasteiger partial charge in [0, 0.05) is 39.1 Å². The highest BCUT2D eigenvalue weighted by Gasteiger charge is 2.46. The monoisotopic (exact) mass is 316 g/mol. The normalized spacial score (nSPS) is 22.6. The van der Waals surface area contributed by atoms with Crippen LogP contribution in [0.1, 0.15) is 25.3 Å². The molecule has 2 saturated heterocycles. The summed E-state index contributed by atoms with van der Waals surface area (Å²) in [5.74, 6) is -0.190. The van der Waals surface area contributed by atoms with Crippen LogP contribution < -0.4 is 10.6 Å². The standard InChI is InChI=1S/C17H24N4O2/c1-2-17(14-6-4-3-5-7-14,20-12-9-18-10-13-20)21-11-8-15(22)19-16(21)23/h3-7,18H,2,8-13H2,1H3,(H,19,22,23). The lowest BCUT2D eigenvalue weighted by atomic mass is 9.91. The van der Waals surface area contributed by atoms with E-state index in [9.17, 15) is 9.59 Å². The zero-order valence-electron chi connectivity index (χ0n) is 13.5. The Kier molecular flexibility index (Phi) is 4.63. The Morgan fingerprint density at radius 3 is 2.39 bits per heavy atom. The fraction of sp³-hybridized carbons (Fsp3) is 0.529. The molecule has 0 spiro atoms. The lowest BCUT2D eigenvalue weighted by Crippen LogP contribution is -2.67. The van der Waals surface area contributed by atoms with Gasteiger partial charge in [0.15, 0.2) is 0 Å². The third kappa shape index (κ3) is 2.84. The maximum absolute atomic E-state index is 12.6. The Morgan fingerprint density at radius 1 is 1.09 bits per heavy atom. The molecule has 0 saturated carbocycles. The number of rotatable bonds is 4. The molecule has 0 aliphatic carbocycles. The average molecular weight is 316 g/mol. The molecule has 2 fully saturated rings. The first-order chi connectivity index (χ1) is 11.2. The SMILES string of the molecule is CCC(c1ccccc1)(N1CCNCC1)N1CCC(=O)NC1=O. The molecular weight excluding hydrogens is 292 g/mol. The molecule has 3 rings (SSSR count). The number of carbonyl (C=O) groups excluding carboxylic acids is 2. The van der Waals surface area contributed by atoms with Crippen molar-refractivity contribution in [3.8, 4) is 0 Å². The molecule has 124 valence electrons. The minimum atomic E-state index is -0.506. The molecule has 1 unspecified atom stereocenters. The van der Waals surface area contributed by atoms with Gasteiger partial charge < -0.3 is 10.2 Å². The third-order valence-electron chi connectivity index (χ3n) is 4.87. The van der Waals surface area contributed by atoms with Crippen molar-refractivity contribution in [3.63, 3.8) is 0 Å². The molecule has 6 nitrogen and oxygen atoms in total. The predicted octanol–water partition coefficient (Wildman–Crippen LogP) is 1.10. The summed E-state index contributed by atoms with van der Waals surface area (Å²) in [6.45, 7) is 6.13. The van der Waals surface area contributed by atoms with Crippen LogP contribution in [0.4, 0.5) is 4.79 Å². The van der Waals surface area contributed by atoms with Crippen molar-refractivity contribution >= 4 is 11.9 Å². The Balaban J connectivity index is 2.04. The lowest BCUT2D eigenvalue weighted by molar-refractivity contribution is -0.124. The van der Waals surface area contributed by atoms with E-state index in [1.165, 1.54) is 0 Å². The van der Waals surface area contributed by atoms with E-state index < -0.39 is 5.66 Å². The number of urea groups is 1. The number of piperazine rings is 1. The quantitative estimate of drug-likeness (QED) is 0.873. The van der Waals surface area contributed by atoms with Gasteiger partial charge in [0.05, 0.1) is 0 Å². The molecule has 23 heavy (non-hydrogen) atoms. The summed E-state index contributed by atoms with van der Waals surface area (Å²) in [5.41, 5.74) is 0.600. The van der Waals surface area contributed by atoms with Crippen LogP contribution in [0.3, 0.4) is 0 Å². The van der Waals surface area contributed by atoms with Gasteiger partial charge in [0.1, 0.15) is 5.66 Å². The van der Waals surface area contributed by atoms with E-state index in [0.717, 1.165) is 38.2 Å². The van der Waals surface area contributed by atoms with E-state index in [2.05, 4.69) is 34.6 Å². The second-order valence-corrected chi connectivity index (χ2v) is 6.03. The van der Waals surface area contributed by atoms with Crippen LogP contribution in [0.5, 0.6) is 0 Å².